The molecule has 0 atom stereocenters. The van der Waals surface area contributed by atoms with Gasteiger partial charge in [0, 0.05) is 32.9 Å². The van der Waals surface area contributed by atoms with Crippen molar-refractivity contribution >= 4 is 17.7 Å². The Morgan fingerprint density at radius 1 is 1.40 bits per heavy atom. The normalized spacial score (nSPS) is 16.7. The van der Waals surface area contributed by atoms with Gasteiger partial charge in [0.2, 0.25) is 0 Å². The van der Waals surface area contributed by atoms with Crippen molar-refractivity contribution < 1.29 is 9.53 Å². The molecular weight excluding hydrogens is 320 g/mol. The predicted molar refractivity (Wildman–Crippen MR) is 99.0 cm³/mol. The highest BCUT2D eigenvalue weighted by Gasteiger charge is 2.27. The molecule has 140 valence electrons. The Morgan fingerprint density at radius 2 is 2.08 bits per heavy atom. The Morgan fingerprint density at radius 3 is 2.64 bits per heavy atom. The van der Waals surface area contributed by atoms with Crippen LogP contribution in [0, 0.1) is 0 Å². The zero-order valence-electron chi connectivity index (χ0n) is 15.9. The molecule has 0 bridgehead atoms. The lowest BCUT2D eigenvalue weighted by Crippen LogP contribution is -2.42. The maximum atomic E-state index is 12.1. The van der Waals surface area contributed by atoms with Gasteiger partial charge in [-0.3, -0.25) is 9.67 Å². The minimum absolute atomic E-state index is 0.233. The van der Waals surface area contributed by atoms with Crippen molar-refractivity contribution in [3.8, 4) is 0 Å². The van der Waals surface area contributed by atoms with Crippen LogP contribution in [0.3, 0.4) is 0 Å². The highest BCUT2D eigenvalue weighted by molar-refractivity contribution is 5.93. The summed E-state index contributed by atoms with van der Waals surface area (Å²) in [6.45, 7) is 9.85. The molecule has 0 aromatic carbocycles. The van der Waals surface area contributed by atoms with Gasteiger partial charge in [-0.15, -0.1) is 0 Å². The second kappa shape index (κ2) is 8.22. The molecule has 0 saturated carbocycles. The quantitative estimate of drug-likeness (QED) is 0.646. The van der Waals surface area contributed by atoms with Crippen molar-refractivity contribution in [2.45, 2.75) is 52.2 Å². The van der Waals surface area contributed by atoms with Crippen molar-refractivity contribution in [3.05, 3.63) is 12.4 Å². The van der Waals surface area contributed by atoms with E-state index in [4.69, 9.17) is 4.74 Å². The minimum atomic E-state index is -0.457. The van der Waals surface area contributed by atoms with Crippen LogP contribution in [0.15, 0.2) is 17.4 Å². The van der Waals surface area contributed by atoms with E-state index in [0.29, 0.717) is 13.1 Å². The minimum Gasteiger partial charge on any atom is -0.444 e. The average molecular weight is 350 g/mol. The fourth-order valence-corrected chi connectivity index (χ4v) is 2.73. The number of rotatable bonds is 3. The van der Waals surface area contributed by atoms with Gasteiger partial charge in [-0.05, 0) is 40.5 Å². The van der Waals surface area contributed by atoms with E-state index in [0.717, 1.165) is 31.0 Å². The summed E-state index contributed by atoms with van der Waals surface area (Å²) in [6, 6.07) is 0.287. The second-order valence-corrected chi connectivity index (χ2v) is 7.14. The summed E-state index contributed by atoms with van der Waals surface area (Å²) in [5.41, 5.74) is 0.442. The number of guanidine groups is 1. The number of hydrogen-bond acceptors (Lipinski definition) is 4. The Bertz CT molecular complexity index is 597. The van der Waals surface area contributed by atoms with E-state index >= 15 is 0 Å². The molecule has 1 amide bonds. The zero-order chi connectivity index (χ0) is 18.4. The van der Waals surface area contributed by atoms with Crippen LogP contribution >= 0.6 is 0 Å². The average Bonchev–Trinajstić information content (AvgIpc) is 3.01. The topological polar surface area (TPSA) is 83.8 Å². The van der Waals surface area contributed by atoms with Gasteiger partial charge in [-0.25, -0.2) is 4.79 Å². The number of carbonyl (C=O) groups is 1. The lowest BCUT2D eigenvalue weighted by Gasteiger charge is -2.33. The Balaban J connectivity index is 1.88. The number of piperidine rings is 1. The molecule has 1 aliphatic heterocycles. The summed E-state index contributed by atoms with van der Waals surface area (Å²) in [7, 11) is 1.74. The van der Waals surface area contributed by atoms with Gasteiger partial charge in [0.1, 0.15) is 5.60 Å². The number of aromatic nitrogens is 2. The Kier molecular flexibility index (Phi) is 6.27. The molecule has 8 heteroatoms. The first-order valence-electron chi connectivity index (χ1n) is 8.82. The van der Waals surface area contributed by atoms with Gasteiger partial charge in [0.05, 0.1) is 17.9 Å². The molecule has 1 saturated heterocycles. The molecule has 1 aromatic rings. The third-order valence-corrected chi connectivity index (χ3v) is 3.92. The SMILES string of the molecule is CCNC(=NC)Nc1cnn(C2CCN(C(=O)OC(C)(C)C)CC2)c1. The smallest absolute Gasteiger partial charge is 0.410 e. The van der Waals surface area contributed by atoms with Crippen LogP contribution in [0.4, 0.5) is 10.5 Å². The van der Waals surface area contributed by atoms with Gasteiger partial charge >= 0.3 is 6.09 Å². The number of likely N-dealkylation sites (tertiary alicyclic amines) is 1. The van der Waals surface area contributed by atoms with E-state index in [1.807, 2.05) is 38.6 Å². The molecule has 2 heterocycles. The predicted octanol–water partition coefficient (Wildman–Crippen LogP) is 2.46. The van der Waals surface area contributed by atoms with Gasteiger partial charge in [-0.2, -0.15) is 5.10 Å². The maximum absolute atomic E-state index is 12.1. The van der Waals surface area contributed by atoms with Gasteiger partial charge in [0.15, 0.2) is 5.96 Å². The molecule has 2 N–H and O–H groups in total. The third-order valence-electron chi connectivity index (χ3n) is 3.92. The van der Waals surface area contributed by atoms with Crippen molar-refractivity contribution in [2.75, 3.05) is 32.0 Å². The van der Waals surface area contributed by atoms with E-state index in [2.05, 4.69) is 20.7 Å². The molecule has 0 radical (unpaired) electrons. The number of carbonyl (C=O) groups excluding carboxylic acids is 1. The summed E-state index contributed by atoms with van der Waals surface area (Å²) in [4.78, 5) is 18.1. The van der Waals surface area contributed by atoms with E-state index in [1.165, 1.54) is 0 Å². The highest BCUT2D eigenvalue weighted by atomic mass is 16.6. The Hall–Kier alpha value is -2.25. The molecule has 1 fully saturated rings. The van der Waals surface area contributed by atoms with Crippen LogP contribution in [0.2, 0.25) is 0 Å². The molecular formula is C17H30N6O2. The van der Waals surface area contributed by atoms with Crippen molar-refractivity contribution in [3.63, 3.8) is 0 Å². The highest BCUT2D eigenvalue weighted by Crippen LogP contribution is 2.24. The van der Waals surface area contributed by atoms with Crippen LogP contribution in [-0.2, 0) is 4.74 Å². The van der Waals surface area contributed by atoms with Crippen molar-refractivity contribution in [1.82, 2.24) is 20.0 Å². The lowest BCUT2D eigenvalue weighted by atomic mass is 10.1. The van der Waals surface area contributed by atoms with Gasteiger partial charge in [-0.1, -0.05) is 0 Å². The third kappa shape index (κ3) is 5.65. The zero-order valence-corrected chi connectivity index (χ0v) is 15.9. The molecule has 1 aromatic heterocycles. The van der Waals surface area contributed by atoms with Crippen molar-refractivity contribution in [1.29, 1.82) is 0 Å². The first kappa shape index (κ1) is 19.1. The number of nitrogens with zero attached hydrogens (tertiary/aromatic N) is 4. The Labute approximate surface area is 149 Å². The molecule has 1 aliphatic rings. The molecule has 2 rings (SSSR count). The fraction of sp³-hybridized carbons (Fsp3) is 0.706. The standard InChI is InChI=1S/C17H30N6O2/c1-6-19-15(18-5)21-13-11-20-23(12-13)14-7-9-22(10-8-14)16(24)25-17(2,3)4/h11-12,14H,6-10H2,1-5H3,(H2,18,19,21). The van der Waals surface area contributed by atoms with Crippen LogP contribution in [0.25, 0.3) is 0 Å². The second-order valence-electron chi connectivity index (χ2n) is 7.14. The van der Waals surface area contributed by atoms with Gasteiger partial charge in [0.25, 0.3) is 0 Å². The lowest BCUT2D eigenvalue weighted by molar-refractivity contribution is 0.0185. The maximum Gasteiger partial charge on any atom is 0.410 e. The molecule has 0 aliphatic carbocycles. The van der Waals surface area contributed by atoms with E-state index in [-0.39, 0.29) is 12.1 Å². The van der Waals surface area contributed by atoms with Crippen molar-refractivity contribution in [2.24, 2.45) is 4.99 Å². The van der Waals surface area contributed by atoms with Crippen LogP contribution in [0.1, 0.15) is 46.6 Å². The first-order valence-corrected chi connectivity index (χ1v) is 8.82. The largest absolute Gasteiger partial charge is 0.444 e. The molecule has 0 unspecified atom stereocenters. The number of hydrogen-bond donors (Lipinski definition) is 2. The monoisotopic (exact) mass is 350 g/mol. The number of aliphatic imine (C=N–C) groups is 1. The van der Waals surface area contributed by atoms with E-state index in [9.17, 15) is 4.79 Å². The summed E-state index contributed by atoms with van der Waals surface area (Å²) in [6.07, 6.45) is 5.27. The summed E-state index contributed by atoms with van der Waals surface area (Å²) >= 11 is 0. The van der Waals surface area contributed by atoms with Crippen LogP contribution < -0.4 is 10.6 Å². The number of amides is 1. The molecule has 0 spiro atoms. The van der Waals surface area contributed by atoms with E-state index in [1.54, 1.807) is 18.1 Å². The first-order chi connectivity index (χ1) is 11.8. The number of ether oxygens (including phenoxy) is 1. The summed E-state index contributed by atoms with van der Waals surface area (Å²) < 4.78 is 7.40. The van der Waals surface area contributed by atoms with Crippen LogP contribution in [-0.4, -0.2) is 59.0 Å². The van der Waals surface area contributed by atoms with E-state index < -0.39 is 5.60 Å². The fourth-order valence-electron chi connectivity index (χ4n) is 2.73. The number of nitrogens with one attached hydrogen (secondary N) is 2. The summed E-state index contributed by atoms with van der Waals surface area (Å²) in [5.74, 6) is 0.724. The van der Waals surface area contributed by atoms with Gasteiger partial charge < -0.3 is 20.3 Å². The van der Waals surface area contributed by atoms with Crippen LogP contribution in [0.5, 0.6) is 0 Å². The number of anilines is 1. The summed E-state index contributed by atoms with van der Waals surface area (Å²) in [5, 5.41) is 10.8. The molecule has 25 heavy (non-hydrogen) atoms. The molecule has 8 nitrogen and oxygen atoms in total.